The summed E-state index contributed by atoms with van der Waals surface area (Å²) in [6.45, 7) is 0. The molecular formula is C7H8BrNO. The number of aliphatic hydroxyl groups excluding tert-OH is 1. The third-order valence-corrected chi connectivity index (χ3v) is 1.68. The lowest BCUT2D eigenvalue weighted by atomic mass is 10.2. The minimum atomic E-state index is -0.877. The van der Waals surface area contributed by atoms with Crippen LogP contribution < -0.4 is 5.73 Å². The molecule has 3 heteroatoms. The lowest BCUT2D eigenvalue weighted by molar-refractivity contribution is 0.186. The fraction of sp³-hybridized carbons (Fsp3) is 0.143. The molecule has 0 amide bonds. The lowest BCUT2D eigenvalue weighted by Gasteiger charge is -2.03. The zero-order chi connectivity index (χ0) is 7.56. The molecule has 54 valence electrons. The summed E-state index contributed by atoms with van der Waals surface area (Å²) in [7, 11) is 0. The normalized spacial score (nSPS) is 13.1. The van der Waals surface area contributed by atoms with E-state index in [0.29, 0.717) is 0 Å². The van der Waals surface area contributed by atoms with Gasteiger partial charge in [-0.15, -0.1) is 0 Å². The summed E-state index contributed by atoms with van der Waals surface area (Å²) in [6, 6.07) is 7.27. The van der Waals surface area contributed by atoms with Crippen LogP contribution in [0.4, 0.5) is 0 Å². The van der Waals surface area contributed by atoms with Crippen molar-refractivity contribution in [3.8, 4) is 0 Å². The SMILES string of the molecule is N[C@H](O)c1cccc(Br)c1. The average molecular weight is 202 g/mol. The summed E-state index contributed by atoms with van der Waals surface area (Å²) in [6.07, 6.45) is -0.877. The Morgan fingerprint density at radius 3 is 2.60 bits per heavy atom. The van der Waals surface area contributed by atoms with E-state index in [2.05, 4.69) is 15.9 Å². The van der Waals surface area contributed by atoms with E-state index in [4.69, 9.17) is 10.8 Å². The van der Waals surface area contributed by atoms with Crippen molar-refractivity contribution in [1.29, 1.82) is 0 Å². The molecule has 1 atom stereocenters. The maximum atomic E-state index is 8.91. The van der Waals surface area contributed by atoms with Gasteiger partial charge in [0.25, 0.3) is 0 Å². The van der Waals surface area contributed by atoms with Crippen LogP contribution in [0, 0.1) is 0 Å². The highest BCUT2D eigenvalue weighted by Crippen LogP contribution is 2.14. The highest BCUT2D eigenvalue weighted by Gasteiger charge is 1.98. The molecule has 3 N–H and O–H groups in total. The minimum absolute atomic E-state index is 0.717. The second-order valence-electron chi connectivity index (χ2n) is 2.00. The van der Waals surface area contributed by atoms with Crippen LogP contribution >= 0.6 is 15.9 Å². The molecule has 0 aliphatic rings. The Hall–Kier alpha value is -0.380. The van der Waals surface area contributed by atoms with Crippen LogP contribution in [0.2, 0.25) is 0 Å². The van der Waals surface area contributed by atoms with Gasteiger partial charge >= 0.3 is 0 Å². The first-order chi connectivity index (χ1) is 4.70. The summed E-state index contributed by atoms with van der Waals surface area (Å²) >= 11 is 3.26. The van der Waals surface area contributed by atoms with E-state index >= 15 is 0 Å². The van der Waals surface area contributed by atoms with Crippen molar-refractivity contribution in [3.63, 3.8) is 0 Å². The Balaban J connectivity index is 2.96. The third-order valence-electron chi connectivity index (χ3n) is 1.19. The van der Waals surface area contributed by atoms with E-state index in [1.807, 2.05) is 12.1 Å². The predicted octanol–water partition coefficient (Wildman–Crippen LogP) is 1.40. The lowest BCUT2D eigenvalue weighted by Crippen LogP contribution is -2.07. The molecule has 0 aromatic heterocycles. The van der Waals surface area contributed by atoms with Gasteiger partial charge in [0, 0.05) is 4.47 Å². The van der Waals surface area contributed by atoms with Crippen LogP contribution in [0.15, 0.2) is 28.7 Å². The monoisotopic (exact) mass is 201 g/mol. The number of benzene rings is 1. The number of hydrogen-bond donors (Lipinski definition) is 2. The summed E-state index contributed by atoms with van der Waals surface area (Å²) in [4.78, 5) is 0. The highest BCUT2D eigenvalue weighted by atomic mass is 79.9. The molecule has 0 radical (unpaired) electrons. The molecule has 0 saturated heterocycles. The molecule has 1 rings (SSSR count). The van der Waals surface area contributed by atoms with Gasteiger partial charge in [-0.1, -0.05) is 28.1 Å². The topological polar surface area (TPSA) is 46.2 Å². The summed E-state index contributed by atoms with van der Waals surface area (Å²) < 4.78 is 0.925. The zero-order valence-electron chi connectivity index (χ0n) is 5.29. The van der Waals surface area contributed by atoms with E-state index in [0.717, 1.165) is 10.0 Å². The van der Waals surface area contributed by atoms with Crippen molar-refractivity contribution >= 4 is 15.9 Å². The molecule has 0 bridgehead atoms. The van der Waals surface area contributed by atoms with Crippen LogP contribution in [0.5, 0.6) is 0 Å². The molecule has 0 spiro atoms. The highest BCUT2D eigenvalue weighted by molar-refractivity contribution is 9.10. The maximum absolute atomic E-state index is 8.91. The maximum Gasteiger partial charge on any atom is 0.128 e. The number of rotatable bonds is 1. The number of halogens is 1. The quantitative estimate of drug-likeness (QED) is 0.676. The van der Waals surface area contributed by atoms with Crippen molar-refractivity contribution in [1.82, 2.24) is 0 Å². The molecule has 0 unspecified atom stereocenters. The molecule has 0 saturated carbocycles. The molecule has 0 aliphatic carbocycles. The second-order valence-corrected chi connectivity index (χ2v) is 2.92. The summed E-state index contributed by atoms with van der Waals surface area (Å²) in [5, 5.41) is 8.91. The molecule has 0 aliphatic heterocycles. The molecule has 0 heterocycles. The first-order valence-corrected chi connectivity index (χ1v) is 3.68. The Morgan fingerprint density at radius 1 is 1.50 bits per heavy atom. The Labute approximate surface area is 67.8 Å². The van der Waals surface area contributed by atoms with E-state index < -0.39 is 6.23 Å². The van der Waals surface area contributed by atoms with Crippen LogP contribution in [-0.2, 0) is 0 Å². The molecule has 10 heavy (non-hydrogen) atoms. The molecular weight excluding hydrogens is 194 g/mol. The number of nitrogens with two attached hydrogens (primary N) is 1. The Bertz CT molecular complexity index is 225. The third kappa shape index (κ3) is 1.80. The van der Waals surface area contributed by atoms with Crippen molar-refractivity contribution < 1.29 is 5.11 Å². The first kappa shape index (κ1) is 7.72. The van der Waals surface area contributed by atoms with Crippen LogP contribution in [-0.4, -0.2) is 5.11 Å². The number of hydrogen-bond acceptors (Lipinski definition) is 2. The van der Waals surface area contributed by atoms with Crippen LogP contribution in [0.1, 0.15) is 11.8 Å². The van der Waals surface area contributed by atoms with Gasteiger partial charge in [0.1, 0.15) is 6.23 Å². The summed E-state index contributed by atoms with van der Waals surface area (Å²) in [5.74, 6) is 0. The van der Waals surface area contributed by atoms with E-state index in [9.17, 15) is 0 Å². The summed E-state index contributed by atoms with van der Waals surface area (Å²) in [5.41, 5.74) is 5.93. The Morgan fingerprint density at radius 2 is 2.20 bits per heavy atom. The van der Waals surface area contributed by atoms with Gasteiger partial charge in [-0.05, 0) is 17.7 Å². The van der Waals surface area contributed by atoms with Gasteiger partial charge in [0.2, 0.25) is 0 Å². The predicted molar refractivity (Wildman–Crippen MR) is 43.3 cm³/mol. The van der Waals surface area contributed by atoms with Gasteiger partial charge in [-0.2, -0.15) is 0 Å². The first-order valence-electron chi connectivity index (χ1n) is 2.89. The number of aliphatic hydroxyl groups is 1. The van der Waals surface area contributed by atoms with Crippen molar-refractivity contribution in [3.05, 3.63) is 34.3 Å². The average Bonchev–Trinajstić information content (AvgIpc) is 1.88. The smallest absolute Gasteiger partial charge is 0.128 e. The zero-order valence-corrected chi connectivity index (χ0v) is 6.88. The van der Waals surface area contributed by atoms with Gasteiger partial charge in [-0.25, -0.2) is 0 Å². The van der Waals surface area contributed by atoms with Crippen molar-refractivity contribution in [2.24, 2.45) is 5.73 Å². The van der Waals surface area contributed by atoms with Crippen molar-refractivity contribution in [2.75, 3.05) is 0 Å². The molecule has 1 aromatic carbocycles. The van der Waals surface area contributed by atoms with Crippen LogP contribution in [0.3, 0.4) is 0 Å². The van der Waals surface area contributed by atoms with E-state index in [-0.39, 0.29) is 0 Å². The minimum Gasteiger partial charge on any atom is -0.375 e. The fourth-order valence-corrected chi connectivity index (χ4v) is 1.11. The van der Waals surface area contributed by atoms with E-state index in [1.165, 1.54) is 0 Å². The van der Waals surface area contributed by atoms with Gasteiger partial charge in [0.05, 0.1) is 0 Å². The largest absolute Gasteiger partial charge is 0.375 e. The molecule has 0 fully saturated rings. The fourth-order valence-electron chi connectivity index (χ4n) is 0.691. The second kappa shape index (κ2) is 3.14. The molecule has 2 nitrogen and oxygen atoms in total. The molecule has 1 aromatic rings. The van der Waals surface area contributed by atoms with Crippen LogP contribution in [0.25, 0.3) is 0 Å². The Kier molecular flexibility index (Phi) is 2.43. The van der Waals surface area contributed by atoms with Crippen molar-refractivity contribution in [2.45, 2.75) is 6.23 Å². The van der Waals surface area contributed by atoms with E-state index in [1.54, 1.807) is 12.1 Å². The van der Waals surface area contributed by atoms with Gasteiger partial charge < -0.3 is 10.8 Å². The standard InChI is InChI=1S/C7H8BrNO/c8-6-3-1-2-5(4-6)7(9)10/h1-4,7,10H,9H2/t7-/m1/s1. The van der Waals surface area contributed by atoms with Gasteiger partial charge in [-0.3, -0.25) is 0 Å². The van der Waals surface area contributed by atoms with Gasteiger partial charge in [0.15, 0.2) is 0 Å².